The van der Waals surface area contributed by atoms with Gasteiger partial charge in [0.2, 0.25) is 5.91 Å². The van der Waals surface area contributed by atoms with Gasteiger partial charge in [-0.05, 0) is 43.6 Å². The lowest BCUT2D eigenvalue weighted by molar-refractivity contribution is -0.126. The summed E-state index contributed by atoms with van der Waals surface area (Å²) in [7, 11) is 0. The zero-order valence-corrected chi connectivity index (χ0v) is 16.2. The fourth-order valence-corrected chi connectivity index (χ4v) is 4.96. The van der Waals surface area contributed by atoms with Crippen LogP contribution in [0.25, 0.3) is 10.2 Å². The monoisotopic (exact) mass is 394 g/mol. The molecule has 1 fully saturated rings. The average molecular weight is 395 g/mol. The molecule has 1 aliphatic rings. The SMILES string of the molecule is NC(=O)NC(=O)C(c1ccccc1)N1CCC(c2nc3ccccc3s2)CC1. The van der Waals surface area contributed by atoms with Crippen molar-refractivity contribution in [3.63, 3.8) is 0 Å². The Balaban J connectivity index is 1.50. The van der Waals surface area contributed by atoms with Crippen molar-refractivity contribution in [2.75, 3.05) is 13.1 Å². The van der Waals surface area contributed by atoms with E-state index >= 15 is 0 Å². The molecule has 0 saturated carbocycles. The topological polar surface area (TPSA) is 88.3 Å². The largest absolute Gasteiger partial charge is 0.351 e. The van der Waals surface area contributed by atoms with Gasteiger partial charge < -0.3 is 5.73 Å². The molecular formula is C21H22N4O2S. The lowest BCUT2D eigenvalue weighted by atomic mass is 9.94. The molecule has 1 atom stereocenters. The maximum Gasteiger partial charge on any atom is 0.318 e. The van der Waals surface area contributed by atoms with Gasteiger partial charge in [-0.3, -0.25) is 15.0 Å². The van der Waals surface area contributed by atoms with Crippen LogP contribution in [-0.2, 0) is 4.79 Å². The molecule has 1 aromatic heterocycles. The number of amides is 3. The first kappa shape index (κ1) is 18.6. The fraction of sp³-hybridized carbons (Fsp3) is 0.286. The van der Waals surface area contributed by atoms with Gasteiger partial charge in [0.1, 0.15) is 6.04 Å². The summed E-state index contributed by atoms with van der Waals surface area (Å²) in [5, 5.41) is 3.41. The molecule has 3 amide bonds. The van der Waals surface area contributed by atoms with Gasteiger partial charge in [0.25, 0.3) is 0 Å². The van der Waals surface area contributed by atoms with E-state index in [4.69, 9.17) is 10.7 Å². The summed E-state index contributed by atoms with van der Waals surface area (Å²) < 4.78 is 1.21. The van der Waals surface area contributed by atoms with Gasteiger partial charge in [0.15, 0.2) is 0 Å². The van der Waals surface area contributed by atoms with E-state index in [-0.39, 0.29) is 5.91 Å². The van der Waals surface area contributed by atoms with E-state index in [1.54, 1.807) is 11.3 Å². The summed E-state index contributed by atoms with van der Waals surface area (Å²) in [4.78, 5) is 30.8. The Bertz CT molecular complexity index is 947. The third-order valence-corrected chi connectivity index (χ3v) is 6.36. The number of para-hydroxylation sites is 1. The number of urea groups is 1. The predicted molar refractivity (Wildman–Crippen MR) is 110 cm³/mol. The van der Waals surface area contributed by atoms with Gasteiger partial charge in [-0.2, -0.15) is 0 Å². The van der Waals surface area contributed by atoms with Gasteiger partial charge in [0.05, 0.1) is 15.2 Å². The van der Waals surface area contributed by atoms with Crippen LogP contribution in [0.15, 0.2) is 54.6 Å². The minimum atomic E-state index is -0.824. The van der Waals surface area contributed by atoms with Crippen LogP contribution in [0.1, 0.15) is 35.4 Å². The summed E-state index contributed by atoms with van der Waals surface area (Å²) in [6, 6.07) is 16.4. The number of benzene rings is 2. The predicted octanol–water partition coefficient (Wildman–Crippen LogP) is 3.41. The number of rotatable bonds is 4. The number of imide groups is 1. The van der Waals surface area contributed by atoms with Crippen molar-refractivity contribution < 1.29 is 9.59 Å². The van der Waals surface area contributed by atoms with Gasteiger partial charge in [0, 0.05) is 5.92 Å². The summed E-state index contributed by atoms with van der Waals surface area (Å²) in [6.45, 7) is 1.51. The minimum absolute atomic E-state index is 0.378. The molecule has 3 aromatic rings. The molecule has 144 valence electrons. The summed E-state index contributed by atoms with van der Waals surface area (Å²) in [5.74, 6) is 0.0152. The van der Waals surface area contributed by atoms with E-state index in [2.05, 4.69) is 16.3 Å². The molecule has 2 aromatic carbocycles. The number of carbonyl (C=O) groups excluding carboxylic acids is 2. The van der Waals surface area contributed by atoms with Crippen LogP contribution < -0.4 is 11.1 Å². The second-order valence-electron chi connectivity index (χ2n) is 7.00. The molecule has 3 N–H and O–H groups in total. The van der Waals surface area contributed by atoms with E-state index in [1.807, 2.05) is 48.5 Å². The van der Waals surface area contributed by atoms with Crippen molar-refractivity contribution >= 4 is 33.5 Å². The second-order valence-corrected chi connectivity index (χ2v) is 8.06. The quantitative estimate of drug-likeness (QED) is 0.710. The van der Waals surface area contributed by atoms with Crippen molar-refractivity contribution in [2.24, 2.45) is 5.73 Å². The summed E-state index contributed by atoms with van der Waals surface area (Å²) in [6.07, 6.45) is 1.85. The van der Waals surface area contributed by atoms with Gasteiger partial charge in [-0.25, -0.2) is 9.78 Å². The lowest BCUT2D eigenvalue weighted by Gasteiger charge is -2.36. The van der Waals surface area contributed by atoms with E-state index < -0.39 is 12.1 Å². The first-order valence-corrected chi connectivity index (χ1v) is 10.2. The van der Waals surface area contributed by atoms with E-state index in [0.717, 1.165) is 37.0 Å². The van der Waals surface area contributed by atoms with Gasteiger partial charge in [-0.1, -0.05) is 42.5 Å². The molecule has 1 unspecified atom stereocenters. The Morgan fingerprint density at radius 3 is 2.43 bits per heavy atom. The maximum absolute atomic E-state index is 12.7. The summed E-state index contributed by atoms with van der Waals surface area (Å²) >= 11 is 1.75. The molecule has 6 nitrogen and oxygen atoms in total. The van der Waals surface area contributed by atoms with Gasteiger partial charge in [-0.15, -0.1) is 11.3 Å². The lowest BCUT2D eigenvalue weighted by Crippen LogP contribution is -2.46. The van der Waals surface area contributed by atoms with Crippen molar-refractivity contribution in [3.8, 4) is 0 Å². The number of carbonyl (C=O) groups is 2. The minimum Gasteiger partial charge on any atom is -0.351 e. The molecule has 0 radical (unpaired) electrons. The second kappa shape index (κ2) is 8.08. The van der Waals surface area contributed by atoms with Crippen LogP contribution in [0.2, 0.25) is 0 Å². The Hall–Kier alpha value is -2.77. The van der Waals surface area contributed by atoms with Crippen LogP contribution in [0.3, 0.4) is 0 Å². The summed E-state index contributed by atoms with van der Waals surface area (Å²) in [5.41, 5.74) is 7.09. The standard InChI is InChI=1S/C21H22N4O2S/c22-21(27)24-19(26)18(14-6-2-1-3-7-14)25-12-10-15(11-13-25)20-23-16-8-4-5-9-17(16)28-20/h1-9,15,18H,10-13H2,(H3,22,24,26,27). The van der Waals surface area contributed by atoms with Crippen molar-refractivity contribution in [1.82, 2.24) is 15.2 Å². The van der Waals surface area contributed by atoms with Crippen LogP contribution in [0, 0.1) is 0 Å². The molecule has 28 heavy (non-hydrogen) atoms. The normalized spacial score (nSPS) is 16.7. The van der Waals surface area contributed by atoms with E-state index in [0.29, 0.717) is 5.92 Å². The third kappa shape index (κ3) is 3.90. The first-order chi connectivity index (χ1) is 13.6. The van der Waals surface area contributed by atoms with Crippen LogP contribution >= 0.6 is 11.3 Å². The first-order valence-electron chi connectivity index (χ1n) is 9.36. The Labute approximate surface area is 167 Å². The zero-order valence-electron chi connectivity index (χ0n) is 15.4. The Kier molecular flexibility index (Phi) is 5.36. The molecular weight excluding hydrogens is 372 g/mol. The number of piperidine rings is 1. The number of primary amides is 1. The highest BCUT2D eigenvalue weighted by atomic mass is 32.1. The molecule has 7 heteroatoms. The number of thiazole rings is 1. The molecule has 0 aliphatic carbocycles. The fourth-order valence-electron chi connectivity index (χ4n) is 3.82. The molecule has 2 heterocycles. The number of nitrogens with zero attached hydrogens (tertiary/aromatic N) is 2. The van der Waals surface area contributed by atoms with Crippen LogP contribution in [-0.4, -0.2) is 34.9 Å². The number of nitrogens with one attached hydrogen (secondary N) is 1. The number of fused-ring (bicyclic) bond motifs is 1. The number of nitrogens with two attached hydrogens (primary N) is 1. The molecule has 0 spiro atoms. The molecule has 0 bridgehead atoms. The van der Waals surface area contributed by atoms with Crippen LogP contribution in [0.4, 0.5) is 4.79 Å². The van der Waals surface area contributed by atoms with Crippen molar-refractivity contribution in [3.05, 3.63) is 65.2 Å². The highest BCUT2D eigenvalue weighted by Gasteiger charge is 2.32. The van der Waals surface area contributed by atoms with Crippen molar-refractivity contribution in [1.29, 1.82) is 0 Å². The zero-order chi connectivity index (χ0) is 19.5. The number of aromatic nitrogens is 1. The van der Waals surface area contributed by atoms with E-state index in [1.165, 1.54) is 9.71 Å². The van der Waals surface area contributed by atoms with Gasteiger partial charge >= 0.3 is 6.03 Å². The number of hydrogen-bond acceptors (Lipinski definition) is 5. The Morgan fingerprint density at radius 1 is 1.07 bits per heavy atom. The molecule has 4 rings (SSSR count). The average Bonchev–Trinajstić information content (AvgIpc) is 3.13. The molecule has 1 aliphatic heterocycles. The maximum atomic E-state index is 12.7. The van der Waals surface area contributed by atoms with Crippen molar-refractivity contribution in [2.45, 2.75) is 24.8 Å². The number of likely N-dealkylation sites (tertiary alicyclic amines) is 1. The number of hydrogen-bond donors (Lipinski definition) is 2. The smallest absolute Gasteiger partial charge is 0.318 e. The molecule has 1 saturated heterocycles. The van der Waals surface area contributed by atoms with E-state index in [9.17, 15) is 9.59 Å². The third-order valence-electron chi connectivity index (χ3n) is 5.16. The Morgan fingerprint density at radius 2 is 1.75 bits per heavy atom. The van der Waals surface area contributed by atoms with Crippen LogP contribution in [0.5, 0.6) is 0 Å². The highest BCUT2D eigenvalue weighted by Crippen LogP contribution is 2.36. The highest BCUT2D eigenvalue weighted by molar-refractivity contribution is 7.18.